The summed E-state index contributed by atoms with van der Waals surface area (Å²) < 4.78 is 13.3. The number of amides is 1. The minimum Gasteiger partial charge on any atom is -0.348 e. The van der Waals surface area contributed by atoms with E-state index in [1.54, 1.807) is 12.1 Å². The van der Waals surface area contributed by atoms with E-state index in [9.17, 15) is 9.18 Å². The Hall–Kier alpha value is -1.03. The van der Waals surface area contributed by atoms with E-state index in [1.165, 1.54) is 12.1 Å². The number of halogens is 1. The third kappa shape index (κ3) is 2.76. The van der Waals surface area contributed by atoms with E-state index in [0.717, 1.165) is 24.3 Å². The predicted octanol–water partition coefficient (Wildman–Crippen LogP) is 2.45. The fourth-order valence-corrected chi connectivity index (χ4v) is 2.84. The highest BCUT2D eigenvalue weighted by Crippen LogP contribution is 2.17. The summed E-state index contributed by atoms with van der Waals surface area (Å²) in [6.45, 7) is 0. The molecule has 1 atom stereocenters. The van der Waals surface area contributed by atoms with Crippen LogP contribution in [0.15, 0.2) is 24.3 Å². The first-order valence-corrected chi connectivity index (χ1v) is 6.56. The number of hydrogen-bond acceptors (Lipinski definition) is 2. The number of carbonyl (C=O) groups excluding carboxylic acids is 1. The molecule has 0 bridgehead atoms. The van der Waals surface area contributed by atoms with Crippen molar-refractivity contribution in [3.8, 4) is 0 Å². The second-order valence-corrected chi connectivity index (χ2v) is 5.02. The molecule has 1 aromatic rings. The van der Waals surface area contributed by atoms with Crippen molar-refractivity contribution < 1.29 is 9.18 Å². The zero-order chi connectivity index (χ0) is 11.4. The number of hydrogen-bond donors (Lipinski definition) is 1. The van der Waals surface area contributed by atoms with Crippen LogP contribution in [0.2, 0.25) is 0 Å². The summed E-state index contributed by atoms with van der Waals surface area (Å²) >= 11 is 1.84. The largest absolute Gasteiger partial charge is 0.348 e. The molecule has 1 amide bonds. The van der Waals surface area contributed by atoms with Crippen LogP contribution in [-0.2, 0) is 0 Å². The fourth-order valence-electron chi connectivity index (χ4n) is 1.76. The summed E-state index contributed by atoms with van der Waals surface area (Å²) in [6.07, 6.45) is 2.11. The molecule has 1 aliphatic heterocycles. The number of carbonyl (C=O) groups is 1. The van der Waals surface area contributed by atoms with E-state index in [1.807, 2.05) is 11.8 Å². The maximum absolute atomic E-state index is 13.3. The van der Waals surface area contributed by atoms with Crippen molar-refractivity contribution in [2.45, 2.75) is 18.9 Å². The summed E-state index contributed by atoms with van der Waals surface area (Å²) in [7, 11) is 0. The van der Waals surface area contributed by atoms with E-state index < -0.39 is 5.82 Å². The van der Waals surface area contributed by atoms with Crippen LogP contribution in [0.1, 0.15) is 23.2 Å². The molecule has 2 nitrogen and oxygen atoms in total. The Kier molecular flexibility index (Phi) is 3.83. The van der Waals surface area contributed by atoms with Crippen molar-refractivity contribution in [2.75, 3.05) is 11.5 Å². The Balaban J connectivity index is 2.00. The molecule has 1 unspecified atom stereocenters. The number of thioether (sulfide) groups is 1. The summed E-state index contributed by atoms with van der Waals surface area (Å²) in [6, 6.07) is 6.27. The van der Waals surface area contributed by atoms with Gasteiger partial charge >= 0.3 is 0 Å². The van der Waals surface area contributed by atoms with Gasteiger partial charge in [-0.05, 0) is 30.7 Å². The van der Waals surface area contributed by atoms with E-state index in [4.69, 9.17) is 0 Å². The Morgan fingerprint density at radius 1 is 1.44 bits per heavy atom. The molecule has 4 heteroatoms. The summed E-state index contributed by atoms with van der Waals surface area (Å²) in [5, 5.41) is 2.88. The van der Waals surface area contributed by atoms with Gasteiger partial charge in [-0.25, -0.2) is 4.39 Å². The molecular formula is C12H14FNOS. The van der Waals surface area contributed by atoms with Crippen LogP contribution in [0, 0.1) is 5.82 Å². The minimum absolute atomic E-state index is 0.137. The van der Waals surface area contributed by atoms with Crippen LogP contribution in [0.25, 0.3) is 0 Å². The quantitative estimate of drug-likeness (QED) is 0.859. The Morgan fingerprint density at radius 3 is 2.94 bits per heavy atom. The lowest BCUT2D eigenvalue weighted by atomic mass is 10.1. The molecule has 1 aromatic carbocycles. The molecule has 0 aliphatic carbocycles. The zero-order valence-corrected chi connectivity index (χ0v) is 9.73. The average molecular weight is 239 g/mol. The smallest absolute Gasteiger partial charge is 0.254 e. The molecule has 1 N–H and O–H groups in total. The summed E-state index contributed by atoms with van der Waals surface area (Å²) in [5.74, 6) is 1.33. The molecule has 2 rings (SSSR count). The van der Waals surface area contributed by atoms with Crippen molar-refractivity contribution >= 4 is 17.7 Å². The Morgan fingerprint density at radius 2 is 2.25 bits per heavy atom. The first-order chi connectivity index (χ1) is 7.77. The lowest BCUT2D eigenvalue weighted by Gasteiger charge is -2.22. The molecule has 1 heterocycles. The molecule has 86 valence electrons. The highest BCUT2D eigenvalue weighted by atomic mass is 32.2. The van der Waals surface area contributed by atoms with E-state index in [2.05, 4.69) is 5.32 Å². The summed E-state index contributed by atoms with van der Waals surface area (Å²) in [5.41, 5.74) is 0.137. The lowest BCUT2D eigenvalue weighted by Crippen LogP contribution is -2.38. The predicted molar refractivity (Wildman–Crippen MR) is 64.2 cm³/mol. The van der Waals surface area contributed by atoms with Gasteiger partial charge in [-0.1, -0.05) is 12.1 Å². The minimum atomic E-state index is -0.455. The van der Waals surface area contributed by atoms with Crippen LogP contribution in [0.5, 0.6) is 0 Å². The molecule has 1 saturated heterocycles. The van der Waals surface area contributed by atoms with Gasteiger partial charge in [0.1, 0.15) is 5.82 Å². The van der Waals surface area contributed by atoms with Gasteiger partial charge in [-0.2, -0.15) is 11.8 Å². The van der Waals surface area contributed by atoms with Crippen molar-refractivity contribution in [3.05, 3.63) is 35.6 Å². The SMILES string of the molecule is O=C(NC1CCCSC1)c1ccccc1F. The molecule has 0 spiro atoms. The van der Waals surface area contributed by atoms with Gasteiger partial charge in [0.2, 0.25) is 0 Å². The maximum atomic E-state index is 13.3. The van der Waals surface area contributed by atoms with Crippen molar-refractivity contribution in [1.29, 1.82) is 0 Å². The molecular weight excluding hydrogens is 225 g/mol. The van der Waals surface area contributed by atoms with Gasteiger partial charge in [-0.15, -0.1) is 0 Å². The van der Waals surface area contributed by atoms with Crippen molar-refractivity contribution in [1.82, 2.24) is 5.32 Å². The number of benzene rings is 1. The molecule has 0 radical (unpaired) electrons. The summed E-state index contributed by atoms with van der Waals surface area (Å²) in [4.78, 5) is 11.8. The van der Waals surface area contributed by atoms with Crippen molar-refractivity contribution in [2.24, 2.45) is 0 Å². The highest BCUT2D eigenvalue weighted by molar-refractivity contribution is 7.99. The van der Waals surface area contributed by atoms with Gasteiger partial charge in [0.05, 0.1) is 5.56 Å². The Bertz CT molecular complexity index is 377. The fraction of sp³-hybridized carbons (Fsp3) is 0.417. The second kappa shape index (κ2) is 5.34. The molecule has 0 aromatic heterocycles. The van der Waals surface area contributed by atoms with Gasteiger partial charge in [0, 0.05) is 11.8 Å². The van der Waals surface area contributed by atoms with Crippen LogP contribution in [0.4, 0.5) is 4.39 Å². The first-order valence-electron chi connectivity index (χ1n) is 5.40. The van der Waals surface area contributed by atoms with Crippen LogP contribution < -0.4 is 5.32 Å². The van der Waals surface area contributed by atoms with E-state index >= 15 is 0 Å². The third-order valence-corrected chi connectivity index (χ3v) is 3.83. The van der Waals surface area contributed by atoms with Crippen LogP contribution >= 0.6 is 11.8 Å². The molecule has 1 fully saturated rings. The zero-order valence-electron chi connectivity index (χ0n) is 8.91. The lowest BCUT2D eigenvalue weighted by molar-refractivity contribution is 0.0934. The molecule has 1 aliphatic rings. The second-order valence-electron chi connectivity index (χ2n) is 3.87. The van der Waals surface area contributed by atoms with E-state index in [0.29, 0.717) is 0 Å². The number of nitrogens with one attached hydrogen (secondary N) is 1. The third-order valence-electron chi connectivity index (χ3n) is 2.61. The maximum Gasteiger partial charge on any atom is 0.254 e. The van der Waals surface area contributed by atoms with E-state index in [-0.39, 0.29) is 17.5 Å². The Labute approximate surface area is 98.6 Å². The standard InChI is InChI=1S/C12H14FNOS/c13-11-6-2-1-5-10(11)12(15)14-9-4-3-7-16-8-9/h1-2,5-6,9H,3-4,7-8H2,(H,14,15). The van der Waals surface area contributed by atoms with Gasteiger partial charge in [0.25, 0.3) is 5.91 Å². The normalized spacial score (nSPS) is 20.4. The van der Waals surface area contributed by atoms with Gasteiger partial charge in [0.15, 0.2) is 0 Å². The first kappa shape index (κ1) is 11.5. The average Bonchev–Trinajstić information content (AvgIpc) is 2.31. The van der Waals surface area contributed by atoms with Gasteiger partial charge in [-0.3, -0.25) is 4.79 Å². The molecule has 0 saturated carbocycles. The van der Waals surface area contributed by atoms with Crippen LogP contribution in [-0.4, -0.2) is 23.5 Å². The highest BCUT2D eigenvalue weighted by Gasteiger charge is 2.18. The van der Waals surface area contributed by atoms with Crippen LogP contribution in [0.3, 0.4) is 0 Å². The number of rotatable bonds is 2. The topological polar surface area (TPSA) is 29.1 Å². The van der Waals surface area contributed by atoms with Crippen molar-refractivity contribution in [3.63, 3.8) is 0 Å². The monoisotopic (exact) mass is 239 g/mol. The molecule has 16 heavy (non-hydrogen) atoms. The van der Waals surface area contributed by atoms with Gasteiger partial charge < -0.3 is 5.32 Å².